The van der Waals surface area contributed by atoms with Crippen molar-refractivity contribution in [1.29, 1.82) is 0 Å². The Balaban J connectivity index is 2.11. The van der Waals surface area contributed by atoms with Crippen molar-refractivity contribution in [3.63, 3.8) is 0 Å². The fraction of sp³-hybridized carbons (Fsp3) is 0.0667. The second-order valence-corrected chi connectivity index (χ2v) is 7.07. The minimum absolute atomic E-state index is 0.0627. The van der Waals surface area contributed by atoms with Crippen LogP contribution in [0.25, 0.3) is 17.1 Å². The topological polar surface area (TPSA) is 90.9 Å². The average molecular weight is 346 g/mol. The molecule has 6 nitrogen and oxygen atoms in total. The van der Waals surface area contributed by atoms with Gasteiger partial charge in [0.2, 0.25) is 15.2 Å². The Hall–Kier alpha value is -2.16. The first-order chi connectivity index (χ1) is 11.0. The van der Waals surface area contributed by atoms with Gasteiger partial charge >= 0.3 is 0 Å². The van der Waals surface area contributed by atoms with Gasteiger partial charge in [0.15, 0.2) is 5.82 Å². The maximum absolute atomic E-state index is 11.4. The summed E-state index contributed by atoms with van der Waals surface area (Å²) >= 11 is 1.44. The minimum Gasteiger partial charge on any atom is -0.225 e. The monoisotopic (exact) mass is 346 g/mol. The van der Waals surface area contributed by atoms with E-state index in [1.807, 2.05) is 36.6 Å². The van der Waals surface area contributed by atoms with Crippen molar-refractivity contribution in [2.75, 3.05) is 6.26 Å². The molecule has 118 valence electrons. The minimum atomic E-state index is -3.71. The van der Waals surface area contributed by atoms with Crippen molar-refractivity contribution in [2.24, 2.45) is 5.14 Å². The normalized spacial score (nSPS) is 11.6. The largest absolute Gasteiger partial charge is 0.238 e. The number of hydrogen-bond donors (Lipinski definition) is 1. The van der Waals surface area contributed by atoms with E-state index in [9.17, 15) is 8.42 Å². The van der Waals surface area contributed by atoms with Gasteiger partial charge in [-0.3, -0.25) is 0 Å². The number of rotatable bonds is 4. The van der Waals surface area contributed by atoms with Crippen LogP contribution in [0.4, 0.5) is 0 Å². The molecular weight excluding hydrogens is 332 g/mol. The predicted molar refractivity (Wildman–Crippen MR) is 89.9 cm³/mol. The zero-order valence-corrected chi connectivity index (χ0v) is 13.9. The van der Waals surface area contributed by atoms with Crippen LogP contribution in [0.3, 0.4) is 0 Å². The summed E-state index contributed by atoms with van der Waals surface area (Å²) in [5.74, 6) is 0.693. The van der Waals surface area contributed by atoms with Crippen LogP contribution in [0.2, 0.25) is 0 Å². The summed E-state index contributed by atoms with van der Waals surface area (Å²) in [5, 5.41) is 10.2. The molecule has 0 amide bonds. The molecule has 0 saturated heterocycles. The van der Waals surface area contributed by atoms with Crippen LogP contribution in [0.15, 0.2) is 64.6 Å². The number of benzene rings is 2. The number of thioether (sulfide) groups is 1. The fourth-order valence-electron chi connectivity index (χ4n) is 2.11. The first-order valence-corrected chi connectivity index (χ1v) is 9.46. The summed E-state index contributed by atoms with van der Waals surface area (Å²) in [6.07, 6.45) is 1.90. The van der Waals surface area contributed by atoms with Crippen LogP contribution in [-0.2, 0) is 10.0 Å². The number of sulfonamides is 1. The highest BCUT2D eigenvalue weighted by atomic mass is 32.2. The highest BCUT2D eigenvalue weighted by molar-refractivity contribution is 7.98. The van der Waals surface area contributed by atoms with Gasteiger partial charge in [-0.2, -0.15) is 0 Å². The Morgan fingerprint density at radius 1 is 1.04 bits per heavy atom. The van der Waals surface area contributed by atoms with Gasteiger partial charge in [0.25, 0.3) is 0 Å². The highest BCUT2D eigenvalue weighted by Crippen LogP contribution is 2.24. The third kappa shape index (κ3) is 3.29. The second kappa shape index (κ2) is 6.15. The molecule has 0 radical (unpaired) electrons. The number of nitrogens with zero attached hydrogens (tertiary/aromatic N) is 3. The fourth-order valence-corrected chi connectivity index (χ4v) is 2.97. The first kappa shape index (κ1) is 15.7. The van der Waals surface area contributed by atoms with Crippen LogP contribution in [-0.4, -0.2) is 29.4 Å². The van der Waals surface area contributed by atoms with Gasteiger partial charge in [-0.25, -0.2) is 23.2 Å². The molecule has 0 aliphatic heterocycles. The average Bonchev–Trinajstić information content (AvgIpc) is 2.99. The SMILES string of the molecule is CSc1nc(-c2ccccc2)n(-c2ccc(S(N)(=O)=O)cc2)n1. The zero-order chi connectivity index (χ0) is 16.4. The molecule has 3 rings (SSSR count). The molecule has 0 saturated carbocycles. The van der Waals surface area contributed by atoms with E-state index in [-0.39, 0.29) is 4.90 Å². The summed E-state index contributed by atoms with van der Waals surface area (Å²) in [5.41, 5.74) is 1.64. The van der Waals surface area contributed by atoms with Gasteiger partial charge in [-0.1, -0.05) is 42.1 Å². The van der Waals surface area contributed by atoms with Crippen molar-refractivity contribution in [1.82, 2.24) is 14.8 Å². The van der Waals surface area contributed by atoms with Crippen LogP contribution < -0.4 is 5.14 Å². The van der Waals surface area contributed by atoms with Gasteiger partial charge in [-0.15, -0.1) is 5.10 Å². The van der Waals surface area contributed by atoms with E-state index in [0.29, 0.717) is 16.7 Å². The van der Waals surface area contributed by atoms with Gasteiger partial charge in [-0.05, 0) is 30.5 Å². The van der Waals surface area contributed by atoms with E-state index in [2.05, 4.69) is 10.1 Å². The number of hydrogen-bond acceptors (Lipinski definition) is 5. The van der Waals surface area contributed by atoms with Crippen LogP contribution >= 0.6 is 11.8 Å². The number of nitrogens with two attached hydrogens (primary N) is 1. The van der Waals surface area contributed by atoms with Crippen molar-refractivity contribution in [2.45, 2.75) is 10.1 Å². The summed E-state index contributed by atoms with van der Waals surface area (Å²) in [7, 11) is -3.71. The maximum atomic E-state index is 11.4. The second-order valence-electron chi connectivity index (χ2n) is 4.74. The summed E-state index contributed by atoms with van der Waals surface area (Å²) in [6, 6.07) is 15.9. The molecule has 2 N–H and O–H groups in total. The Kier molecular flexibility index (Phi) is 4.20. The van der Waals surface area contributed by atoms with Crippen molar-refractivity contribution >= 4 is 21.8 Å². The molecule has 8 heteroatoms. The molecule has 0 atom stereocenters. The molecule has 0 aliphatic rings. The first-order valence-electron chi connectivity index (χ1n) is 6.69. The van der Waals surface area contributed by atoms with Crippen molar-refractivity contribution < 1.29 is 8.42 Å². The summed E-state index contributed by atoms with van der Waals surface area (Å²) in [4.78, 5) is 4.58. The highest BCUT2D eigenvalue weighted by Gasteiger charge is 2.14. The molecule has 0 spiro atoms. The lowest BCUT2D eigenvalue weighted by Crippen LogP contribution is -2.12. The van der Waals surface area contributed by atoms with Crippen molar-refractivity contribution in [3.05, 3.63) is 54.6 Å². The molecule has 0 unspecified atom stereocenters. The van der Waals surface area contributed by atoms with E-state index in [4.69, 9.17) is 5.14 Å². The van der Waals surface area contributed by atoms with E-state index >= 15 is 0 Å². The molecule has 0 fully saturated rings. The molecule has 2 aromatic carbocycles. The lowest BCUT2D eigenvalue weighted by Gasteiger charge is -2.06. The molecule has 0 bridgehead atoms. The van der Waals surface area contributed by atoms with E-state index < -0.39 is 10.0 Å². The smallest absolute Gasteiger partial charge is 0.225 e. The molecule has 0 aliphatic carbocycles. The molecule has 1 heterocycles. The van der Waals surface area contributed by atoms with E-state index in [1.165, 1.54) is 23.9 Å². The van der Waals surface area contributed by atoms with Gasteiger partial charge in [0.05, 0.1) is 10.6 Å². The molecule has 23 heavy (non-hydrogen) atoms. The predicted octanol–water partition coefficient (Wildman–Crippen LogP) is 2.30. The van der Waals surface area contributed by atoms with Crippen LogP contribution in [0, 0.1) is 0 Å². The molecular formula is C15H14N4O2S2. The van der Waals surface area contributed by atoms with Gasteiger partial charge in [0, 0.05) is 5.56 Å². The zero-order valence-electron chi connectivity index (χ0n) is 12.2. The summed E-state index contributed by atoms with van der Waals surface area (Å²) in [6.45, 7) is 0. The van der Waals surface area contributed by atoms with Gasteiger partial charge < -0.3 is 0 Å². The Morgan fingerprint density at radius 3 is 2.26 bits per heavy atom. The van der Waals surface area contributed by atoms with Crippen LogP contribution in [0.1, 0.15) is 0 Å². The maximum Gasteiger partial charge on any atom is 0.238 e. The summed E-state index contributed by atoms with van der Waals surface area (Å²) < 4.78 is 24.4. The lowest BCUT2D eigenvalue weighted by atomic mass is 10.2. The van der Waals surface area contributed by atoms with Crippen LogP contribution in [0.5, 0.6) is 0 Å². The number of primary sulfonamides is 1. The quantitative estimate of drug-likeness (QED) is 0.732. The Bertz CT molecular complexity index is 920. The number of aromatic nitrogens is 3. The third-order valence-corrected chi connectivity index (χ3v) is 4.68. The van der Waals surface area contributed by atoms with Crippen molar-refractivity contribution in [3.8, 4) is 17.1 Å². The Labute approximate surface area is 138 Å². The standard InChI is InChI=1S/C15H14N4O2S2/c1-22-15-17-14(11-5-3-2-4-6-11)19(18-15)12-7-9-13(10-8-12)23(16,20)21/h2-10H,1H3,(H2,16,20,21). The third-order valence-electron chi connectivity index (χ3n) is 3.21. The molecule has 3 aromatic rings. The van der Waals surface area contributed by atoms with E-state index in [1.54, 1.807) is 16.8 Å². The van der Waals surface area contributed by atoms with Gasteiger partial charge in [0.1, 0.15) is 0 Å². The molecule has 1 aromatic heterocycles. The Morgan fingerprint density at radius 2 is 1.70 bits per heavy atom. The lowest BCUT2D eigenvalue weighted by molar-refractivity contribution is 0.598. The van der Waals surface area contributed by atoms with E-state index in [0.717, 1.165) is 5.56 Å².